The number of nitro groups is 1. The quantitative estimate of drug-likeness (QED) is 0.688. The summed E-state index contributed by atoms with van der Waals surface area (Å²) < 4.78 is 18.5. The summed E-state index contributed by atoms with van der Waals surface area (Å²) in [6.45, 7) is 1.35. The zero-order valence-corrected chi connectivity index (χ0v) is 11.7. The number of nitro benzene ring substituents is 1. The summed E-state index contributed by atoms with van der Waals surface area (Å²) in [6, 6.07) is 10.9. The second-order valence-corrected chi connectivity index (χ2v) is 4.51. The zero-order chi connectivity index (χ0) is 16.1. The van der Waals surface area contributed by atoms with Crippen molar-refractivity contribution in [1.29, 1.82) is 0 Å². The summed E-state index contributed by atoms with van der Waals surface area (Å²) >= 11 is 0. The molecule has 2 rings (SSSR count). The van der Waals surface area contributed by atoms with E-state index in [1.54, 1.807) is 24.3 Å². The maximum Gasteiger partial charge on any atom is 0.412 e. The Balaban J connectivity index is 2.11. The van der Waals surface area contributed by atoms with Crippen LogP contribution in [0.5, 0.6) is 0 Å². The highest BCUT2D eigenvalue weighted by molar-refractivity contribution is 5.89. The van der Waals surface area contributed by atoms with Crippen LogP contribution in [0.25, 0.3) is 0 Å². The number of carbonyl (C=O) groups excluding carboxylic acids is 1. The van der Waals surface area contributed by atoms with E-state index in [0.717, 1.165) is 17.7 Å². The fraction of sp³-hybridized carbons (Fsp3) is 0.133. The molecule has 0 saturated carbocycles. The molecule has 0 aliphatic rings. The van der Waals surface area contributed by atoms with Crippen LogP contribution in [-0.2, 0) is 11.3 Å². The molecule has 7 heteroatoms. The monoisotopic (exact) mass is 304 g/mol. The van der Waals surface area contributed by atoms with Gasteiger partial charge in [-0.15, -0.1) is 0 Å². The third-order valence-electron chi connectivity index (χ3n) is 3.01. The molecule has 0 aliphatic carbocycles. The van der Waals surface area contributed by atoms with Crippen LogP contribution >= 0.6 is 0 Å². The van der Waals surface area contributed by atoms with Gasteiger partial charge in [-0.3, -0.25) is 15.4 Å². The van der Waals surface area contributed by atoms with Gasteiger partial charge in [-0.2, -0.15) is 0 Å². The molecule has 2 aromatic carbocycles. The minimum absolute atomic E-state index is 0.00876. The van der Waals surface area contributed by atoms with E-state index in [1.165, 1.54) is 6.92 Å². The predicted octanol–water partition coefficient (Wildman–Crippen LogP) is 3.79. The van der Waals surface area contributed by atoms with Crippen LogP contribution in [-0.4, -0.2) is 11.0 Å². The maximum absolute atomic E-state index is 13.5. The van der Waals surface area contributed by atoms with Gasteiger partial charge in [0, 0.05) is 11.6 Å². The minimum Gasteiger partial charge on any atom is -0.444 e. The lowest BCUT2D eigenvalue weighted by Crippen LogP contribution is -2.16. The molecule has 0 radical (unpaired) electrons. The molecule has 0 aromatic heterocycles. The fourth-order valence-corrected chi connectivity index (χ4v) is 1.84. The summed E-state index contributed by atoms with van der Waals surface area (Å²) in [5.74, 6) is -0.649. The molecule has 0 unspecified atom stereocenters. The minimum atomic E-state index is -0.888. The first-order chi connectivity index (χ1) is 10.5. The van der Waals surface area contributed by atoms with Crippen molar-refractivity contribution in [3.8, 4) is 0 Å². The van der Waals surface area contributed by atoms with Gasteiger partial charge in [-0.05, 0) is 18.6 Å². The smallest absolute Gasteiger partial charge is 0.412 e. The fourth-order valence-electron chi connectivity index (χ4n) is 1.84. The molecule has 0 spiro atoms. The van der Waals surface area contributed by atoms with E-state index in [-0.39, 0.29) is 17.9 Å². The number of amides is 1. The molecule has 22 heavy (non-hydrogen) atoms. The summed E-state index contributed by atoms with van der Waals surface area (Å²) in [4.78, 5) is 22.0. The van der Waals surface area contributed by atoms with Gasteiger partial charge >= 0.3 is 6.09 Å². The lowest BCUT2D eigenvalue weighted by molar-refractivity contribution is -0.384. The van der Waals surface area contributed by atoms with E-state index in [4.69, 9.17) is 4.74 Å². The van der Waals surface area contributed by atoms with Crippen molar-refractivity contribution in [2.45, 2.75) is 13.5 Å². The van der Waals surface area contributed by atoms with Gasteiger partial charge < -0.3 is 4.74 Å². The van der Waals surface area contributed by atoms with E-state index < -0.39 is 22.5 Å². The van der Waals surface area contributed by atoms with Crippen molar-refractivity contribution in [1.82, 2.24) is 0 Å². The SMILES string of the molecule is Cc1c(F)ccc([N+](=O)[O-])c1NC(=O)OCc1ccccc1. The zero-order valence-electron chi connectivity index (χ0n) is 11.7. The molecule has 0 saturated heterocycles. The first-order valence-electron chi connectivity index (χ1n) is 6.40. The number of nitrogens with one attached hydrogen (secondary N) is 1. The first kappa shape index (κ1) is 15.4. The van der Waals surface area contributed by atoms with E-state index in [1.807, 2.05) is 6.07 Å². The summed E-state index contributed by atoms with van der Waals surface area (Å²) in [5, 5.41) is 13.2. The van der Waals surface area contributed by atoms with Gasteiger partial charge in [0.05, 0.1) is 4.92 Å². The largest absolute Gasteiger partial charge is 0.444 e. The van der Waals surface area contributed by atoms with Crippen LogP contribution in [0.3, 0.4) is 0 Å². The number of hydrogen-bond donors (Lipinski definition) is 1. The van der Waals surface area contributed by atoms with Crippen LogP contribution in [0.1, 0.15) is 11.1 Å². The Labute approximate surface area is 125 Å². The van der Waals surface area contributed by atoms with Crippen molar-refractivity contribution in [2.24, 2.45) is 0 Å². The molecule has 1 N–H and O–H groups in total. The summed E-state index contributed by atoms with van der Waals surface area (Å²) in [6.07, 6.45) is -0.888. The van der Waals surface area contributed by atoms with Gasteiger partial charge in [0.15, 0.2) is 0 Å². The lowest BCUT2D eigenvalue weighted by Gasteiger charge is -2.10. The number of carbonyl (C=O) groups is 1. The highest BCUT2D eigenvalue weighted by atomic mass is 19.1. The molecule has 114 valence electrons. The Kier molecular flexibility index (Phi) is 4.67. The Morgan fingerprint density at radius 1 is 1.27 bits per heavy atom. The molecule has 0 atom stereocenters. The number of nitrogens with zero attached hydrogens (tertiary/aromatic N) is 1. The van der Waals surface area contributed by atoms with E-state index in [9.17, 15) is 19.3 Å². The second kappa shape index (κ2) is 6.66. The van der Waals surface area contributed by atoms with Crippen molar-refractivity contribution in [3.63, 3.8) is 0 Å². The Morgan fingerprint density at radius 3 is 2.59 bits per heavy atom. The van der Waals surface area contributed by atoms with E-state index in [2.05, 4.69) is 5.32 Å². The lowest BCUT2D eigenvalue weighted by atomic mass is 10.1. The van der Waals surface area contributed by atoms with Crippen LogP contribution in [0, 0.1) is 22.9 Å². The highest BCUT2D eigenvalue weighted by Crippen LogP contribution is 2.29. The van der Waals surface area contributed by atoms with Crippen molar-refractivity contribution >= 4 is 17.5 Å². The predicted molar refractivity (Wildman–Crippen MR) is 78.0 cm³/mol. The number of halogens is 1. The topological polar surface area (TPSA) is 81.5 Å². The highest BCUT2D eigenvalue weighted by Gasteiger charge is 2.21. The average molecular weight is 304 g/mol. The van der Waals surface area contributed by atoms with Crippen LogP contribution in [0.2, 0.25) is 0 Å². The van der Waals surface area contributed by atoms with Crippen LogP contribution in [0.4, 0.5) is 20.6 Å². The number of ether oxygens (including phenoxy) is 1. The van der Waals surface area contributed by atoms with Gasteiger partial charge in [-0.25, -0.2) is 9.18 Å². The number of benzene rings is 2. The molecule has 1 amide bonds. The van der Waals surface area contributed by atoms with Crippen molar-refractivity contribution in [2.75, 3.05) is 5.32 Å². The first-order valence-corrected chi connectivity index (χ1v) is 6.40. The second-order valence-electron chi connectivity index (χ2n) is 4.51. The van der Waals surface area contributed by atoms with Gasteiger partial charge in [0.1, 0.15) is 18.1 Å². The van der Waals surface area contributed by atoms with Crippen molar-refractivity contribution in [3.05, 3.63) is 69.5 Å². The third-order valence-corrected chi connectivity index (χ3v) is 3.01. The van der Waals surface area contributed by atoms with E-state index in [0.29, 0.717) is 0 Å². The maximum atomic E-state index is 13.5. The van der Waals surface area contributed by atoms with Gasteiger partial charge in [0.2, 0.25) is 0 Å². The van der Waals surface area contributed by atoms with Gasteiger partial charge in [-0.1, -0.05) is 30.3 Å². The molecular formula is C15H13FN2O4. The number of rotatable bonds is 4. The Morgan fingerprint density at radius 2 is 1.95 bits per heavy atom. The molecule has 0 aliphatic heterocycles. The summed E-state index contributed by atoms with van der Waals surface area (Å²) in [7, 11) is 0. The standard InChI is InChI=1S/C15H13FN2O4/c1-10-12(16)7-8-13(18(20)21)14(10)17-15(19)22-9-11-5-3-2-4-6-11/h2-8H,9H2,1H3,(H,17,19). The Hall–Kier alpha value is -2.96. The van der Waals surface area contributed by atoms with Gasteiger partial charge in [0.25, 0.3) is 5.69 Å². The molecule has 6 nitrogen and oxygen atoms in total. The van der Waals surface area contributed by atoms with Crippen molar-refractivity contribution < 1.29 is 18.8 Å². The Bertz CT molecular complexity index is 704. The number of anilines is 1. The number of hydrogen-bond acceptors (Lipinski definition) is 4. The van der Waals surface area contributed by atoms with Crippen LogP contribution in [0.15, 0.2) is 42.5 Å². The molecule has 0 heterocycles. The molecular weight excluding hydrogens is 291 g/mol. The molecule has 0 bridgehead atoms. The molecule has 0 fully saturated rings. The normalized spacial score (nSPS) is 10.1. The van der Waals surface area contributed by atoms with E-state index >= 15 is 0 Å². The van der Waals surface area contributed by atoms with Crippen LogP contribution < -0.4 is 5.32 Å². The summed E-state index contributed by atoms with van der Waals surface area (Å²) in [5.41, 5.74) is 0.146. The third kappa shape index (κ3) is 3.57. The molecule has 2 aromatic rings. The average Bonchev–Trinajstić information content (AvgIpc) is 2.50.